The highest BCUT2D eigenvalue weighted by Crippen LogP contribution is 2.35. The van der Waals surface area contributed by atoms with E-state index in [0.29, 0.717) is 0 Å². The van der Waals surface area contributed by atoms with E-state index in [1.165, 1.54) is 12.8 Å². The fraction of sp³-hybridized carbons (Fsp3) is 0.538. The standard InChI is InChI=1S/C13H18/c1-10(2)12-8-7-11-5-3-4-6-13(11)9-12/h3,5-6,8,10-11H,4,7,9H2,1-2H3. The zero-order chi connectivity index (χ0) is 9.26. The second-order valence-corrected chi connectivity index (χ2v) is 4.40. The van der Waals surface area contributed by atoms with E-state index in [-0.39, 0.29) is 0 Å². The monoisotopic (exact) mass is 174 g/mol. The highest BCUT2D eigenvalue weighted by atomic mass is 14.2. The normalized spacial score (nSPS) is 26.8. The number of rotatable bonds is 1. The lowest BCUT2D eigenvalue weighted by Gasteiger charge is -2.27. The molecule has 0 radical (unpaired) electrons. The maximum atomic E-state index is 2.45. The molecular weight excluding hydrogens is 156 g/mol. The number of fused-ring (bicyclic) bond motifs is 1. The van der Waals surface area contributed by atoms with Crippen molar-refractivity contribution in [2.24, 2.45) is 11.8 Å². The van der Waals surface area contributed by atoms with Gasteiger partial charge in [-0.25, -0.2) is 0 Å². The van der Waals surface area contributed by atoms with Gasteiger partial charge in [-0.1, -0.05) is 49.3 Å². The Kier molecular flexibility index (Phi) is 2.39. The Hall–Kier alpha value is -0.780. The van der Waals surface area contributed by atoms with Crippen molar-refractivity contribution in [3.05, 3.63) is 35.5 Å². The molecule has 0 aromatic rings. The minimum Gasteiger partial charge on any atom is -0.0841 e. The molecule has 0 aliphatic heterocycles. The van der Waals surface area contributed by atoms with Crippen LogP contribution in [0.5, 0.6) is 0 Å². The number of hydrogen-bond acceptors (Lipinski definition) is 0. The van der Waals surface area contributed by atoms with Crippen molar-refractivity contribution in [3.63, 3.8) is 0 Å². The molecule has 0 N–H and O–H groups in total. The predicted octanol–water partition coefficient (Wildman–Crippen LogP) is 3.87. The first-order valence-corrected chi connectivity index (χ1v) is 5.32. The van der Waals surface area contributed by atoms with E-state index in [2.05, 4.69) is 38.2 Å². The van der Waals surface area contributed by atoms with E-state index in [0.717, 1.165) is 18.3 Å². The van der Waals surface area contributed by atoms with E-state index in [9.17, 15) is 0 Å². The van der Waals surface area contributed by atoms with Gasteiger partial charge in [0, 0.05) is 5.92 Å². The highest BCUT2D eigenvalue weighted by molar-refractivity contribution is 5.30. The third-order valence-corrected chi connectivity index (χ3v) is 3.14. The van der Waals surface area contributed by atoms with Gasteiger partial charge in [0.05, 0.1) is 0 Å². The van der Waals surface area contributed by atoms with Gasteiger partial charge >= 0.3 is 0 Å². The van der Waals surface area contributed by atoms with Crippen molar-refractivity contribution in [2.45, 2.75) is 33.1 Å². The van der Waals surface area contributed by atoms with Crippen LogP contribution in [0.2, 0.25) is 0 Å². The Labute approximate surface area is 81.0 Å². The first kappa shape index (κ1) is 8.80. The molecule has 0 heteroatoms. The number of allylic oxidation sites excluding steroid dienone is 6. The van der Waals surface area contributed by atoms with E-state index in [1.54, 1.807) is 11.1 Å². The first-order valence-electron chi connectivity index (χ1n) is 5.32. The molecule has 0 heterocycles. The summed E-state index contributed by atoms with van der Waals surface area (Å²) < 4.78 is 0. The van der Waals surface area contributed by atoms with Gasteiger partial charge < -0.3 is 0 Å². The summed E-state index contributed by atoms with van der Waals surface area (Å²) in [5.41, 5.74) is 3.30. The molecule has 2 aliphatic carbocycles. The molecule has 0 saturated carbocycles. The van der Waals surface area contributed by atoms with Gasteiger partial charge in [0.1, 0.15) is 0 Å². The Morgan fingerprint density at radius 2 is 2.15 bits per heavy atom. The molecule has 70 valence electrons. The fourth-order valence-electron chi connectivity index (χ4n) is 2.20. The second kappa shape index (κ2) is 3.53. The summed E-state index contributed by atoms with van der Waals surface area (Å²) in [6.45, 7) is 4.59. The quantitative estimate of drug-likeness (QED) is 0.529. The lowest BCUT2D eigenvalue weighted by Crippen LogP contribution is -2.11. The van der Waals surface area contributed by atoms with Crippen LogP contribution in [0.4, 0.5) is 0 Å². The van der Waals surface area contributed by atoms with Gasteiger partial charge in [-0.2, -0.15) is 0 Å². The van der Waals surface area contributed by atoms with Crippen molar-refractivity contribution in [2.75, 3.05) is 0 Å². The molecule has 1 atom stereocenters. The van der Waals surface area contributed by atoms with Gasteiger partial charge in [0.15, 0.2) is 0 Å². The van der Waals surface area contributed by atoms with E-state index in [4.69, 9.17) is 0 Å². The summed E-state index contributed by atoms with van der Waals surface area (Å²) in [5.74, 6) is 1.46. The van der Waals surface area contributed by atoms with Gasteiger partial charge in [-0.05, 0) is 25.2 Å². The van der Waals surface area contributed by atoms with Crippen LogP contribution in [0.1, 0.15) is 33.1 Å². The Morgan fingerprint density at radius 3 is 2.92 bits per heavy atom. The predicted molar refractivity (Wildman–Crippen MR) is 57.5 cm³/mol. The van der Waals surface area contributed by atoms with E-state index < -0.39 is 0 Å². The molecule has 0 amide bonds. The van der Waals surface area contributed by atoms with Crippen molar-refractivity contribution in [1.82, 2.24) is 0 Å². The molecule has 1 unspecified atom stereocenters. The Balaban J connectivity index is 2.16. The Morgan fingerprint density at radius 1 is 1.31 bits per heavy atom. The van der Waals surface area contributed by atoms with Gasteiger partial charge in [-0.3, -0.25) is 0 Å². The molecule has 0 saturated heterocycles. The lowest BCUT2D eigenvalue weighted by atomic mass is 9.79. The summed E-state index contributed by atoms with van der Waals surface area (Å²) in [6, 6.07) is 0. The molecular formula is C13H18. The molecule has 2 aliphatic rings. The van der Waals surface area contributed by atoms with Crippen LogP contribution in [-0.2, 0) is 0 Å². The first-order chi connectivity index (χ1) is 6.27. The van der Waals surface area contributed by atoms with E-state index in [1.807, 2.05) is 0 Å². The van der Waals surface area contributed by atoms with Crippen LogP contribution in [-0.4, -0.2) is 0 Å². The van der Waals surface area contributed by atoms with Gasteiger partial charge in [-0.15, -0.1) is 0 Å². The lowest BCUT2D eigenvalue weighted by molar-refractivity contribution is 0.634. The van der Waals surface area contributed by atoms with Gasteiger partial charge in [0.25, 0.3) is 0 Å². The molecule has 0 nitrogen and oxygen atoms in total. The van der Waals surface area contributed by atoms with Crippen molar-refractivity contribution < 1.29 is 0 Å². The summed E-state index contributed by atoms with van der Waals surface area (Å²) in [4.78, 5) is 0. The molecule has 0 spiro atoms. The molecule has 2 rings (SSSR count). The average Bonchev–Trinajstić information content (AvgIpc) is 2.17. The molecule has 0 bridgehead atoms. The SMILES string of the molecule is CC(C)C1=CCC2C=CCC=C2C1. The maximum absolute atomic E-state index is 2.45. The third kappa shape index (κ3) is 1.77. The smallest absolute Gasteiger partial charge is 0.00148 e. The summed E-state index contributed by atoms with van der Waals surface area (Å²) in [5, 5.41) is 0. The van der Waals surface area contributed by atoms with Crippen molar-refractivity contribution in [3.8, 4) is 0 Å². The third-order valence-electron chi connectivity index (χ3n) is 3.14. The van der Waals surface area contributed by atoms with Crippen LogP contribution >= 0.6 is 0 Å². The molecule has 13 heavy (non-hydrogen) atoms. The Bertz CT molecular complexity index is 276. The highest BCUT2D eigenvalue weighted by Gasteiger charge is 2.19. The van der Waals surface area contributed by atoms with Crippen LogP contribution in [0.3, 0.4) is 0 Å². The minimum atomic E-state index is 0.729. The van der Waals surface area contributed by atoms with Crippen molar-refractivity contribution >= 4 is 0 Å². The molecule has 0 aromatic carbocycles. The fourth-order valence-corrected chi connectivity index (χ4v) is 2.20. The minimum absolute atomic E-state index is 0.729. The molecule has 0 fully saturated rings. The second-order valence-electron chi connectivity index (χ2n) is 4.40. The van der Waals surface area contributed by atoms with Crippen LogP contribution in [0.25, 0.3) is 0 Å². The zero-order valence-electron chi connectivity index (χ0n) is 8.59. The van der Waals surface area contributed by atoms with Crippen molar-refractivity contribution in [1.29, 1.82) is 0 Å². The van der Waals surface area contributed by atoms with E-state index >= 15 is 0 Å². The summed E-state index contributed by atoms with van der Waals surface area (Å²) >= 11 is 0. The average molecular weight is 174 g/mol. The summed E-state index contributed by atoms with van der Waals surface area (Å²) in [6.07, 6.45) is 13.1. The van der Waals surface area contributed by atoms with Gasteiger partial charge in [0.2, 0.25) is 0 Å². The number of hydrogen-bond donors (Lipinski definition) is 0. The maximum Gasteiger partial charge on any atom is 0.00148 e. The molecule has 0 aromatic heterocycles. The van der Waals surface area contributed by atoms with Crippen LogP contribution in [0.15, 0.2) is 35.5 Å². The largest absolute Gasteiger partial charge is 0.0841 e. The van der Waals surface area contributed by atoms with Crippen LogP contribution < -0.4 is 0 Å². The zero-order valence-corrected chi connectivity index (χ0v) is 8.59. The topological polar surface area (TPSA) is 0 Å². The summed E-state index contributed by atoms with van der Waals surface area (Å²) in [7, 11) is 0. The van der Waals surface area contributed by atoms with Crippen LogP contribution in [0, 0.1) is 11.8 Å².